The number of nitrogens with zero attached hydrogens (tertiary/aromatic N) is 2. The Bertz CT molecular complexity index is 677. The lowest BCUT2D eigenvalue weighted by atomic mass is 10.2. The van der Waals surface area contributed by atoms with Crippen LogP contribution in [0.15, 0.2) is 15.7 Å². The number of aromatic amines is 1. The van der Waals surface area contributed by atoms with Crippen LogP contribution < -0.4 is 16.4 Å². The highest BCUT2D eigenvalue weighted by Gasteiger charge is 2.35. The van der Waals surface area contributed by atoms with Gasteiger partial charge < -0.3 is 24.9 Å². The summed E-state index contributed by atoms with van der Waals surface area (Å²) in [6, 6.07) is 0. The number of rotatable bonds is 4. The Kier molecular flexibility index (Phi) is 4.31. The van der Waals surface area contributed by atoms with E-state index in [1.54, 1.807) is 0 Å². The maximum Gasteiger partial charge on any atom is 0.347 e. The van der Waals surface area contributed by atoms with Crippen LogP contribution >= 0.6 is 0 Å². The Morgan fingerprint density at radius 2 is 2.29 bits per heavy atom. The third kappa shape index (κ3) is 3.24. The molecule has 0 spiro atoms. The van der Waals surface area contributed by atoms with Gasteiger partial charge in [0.05, 0.1) is 18.7 Å². The summed E-state index contributed by atoms with van der Waals surface area (Å²) in [6.07, 6.45) is -1.36. The van der Waals surface area contributed by atoms with Crippen LogP contribution in [0.25, 0.3) is 6.08 Å². The molecule has 0 bridgehead atoms. The van der Waals surface area contributed by atoms with Crippen molar-refractivity contribution in [3.05, 3.63) is 32.6 Å². The summed E-state index contributed by atoms with van der Waals surface area (Å²) in [6.45, 7) is -0.437. The van der Waals surface area contributed by atoms with Gasteiger partial charge in [-0.05, 0) is 12.2 Å². The van der Waals surface area contributed by atoms with Gasteiger partial charge in [-0.2, -0.15) is 9.78 Å². The van der Waals surface area contributed by atoms with Crippen LogP contribution in [0.4, 0.5) is 0 Å². The molecule has 2 rings (SSSR count). The Labute approximate surface area is 116 Å². The molecule has 1 aromatic rings. The summed E-state index contributed by atoms with van der Waals surface area (Å²) in [5.74, 6) is -1.53. The first kappa shape index (κ1) is 15.1. The van der Waals surface area contributed by atoms with Crippen molar-refractivity contribution in [1.29, 1.82) is 0 Å². The monoisotopic (exact) mass is 298 g/mol. The molecule has 0 radical (unpaired) electrons. The molecule has 0 amide bonds. The zero-order valence-corrected chi connectivity index (χ0v) is 10.6. The number of ether oxygens (including phenoxy) is 1. The molecule has 21 heavy (non-hydrogen) atoms. The first-order chi connectivity index (χ1) is 9.92. The van der Waals surface area contributed by atoms with E-state index >= 15 is 0 Å². The van der Waals surface area contributed by atoms with E-state index in [4.69, 9.17) is 9.84 Å². The van der Waals surface area contributed by atoms with Gasteiger partial charge in [0.2, 0.25) is 0 Å². The van der Waals surface area contributed by atoms with Crippen LogP contribution in [0.3, 0.4) is 0 Å². The van der Waals surface area contributed by atoms with E-state index in [9.17, 15) is 24.6 Å². The predicted molar refractivity (Wildman–Crippen MR) is 64.8 cm³/mol. The molecule has 3 N–H and O–H groups in total. The number of aliphatic carboxylic acids is 1. The number of H-pyrrole nitrogens is 1. The molecule has 1 aliphatic rings. The second-order valence-electron chi connectivity index (χ2n) is 4.36. The predicted octanol–water partition coefficient (Wildman–Crippen LogP) is -3.66. The molecule has 1 aromatic heterocycles. The second-order valence-corrected chi connectivity index (χ2v) is 4.36. The quantitative estimate of drug-likeness (QED) is 0.480. The number of nitrogens with one attached hydrogen (secondary N) is 1. The van der Waals surface area contributed by atoms with Crippen molar-refractivity contribution in [2.24, 2.45) is 0 Å². The highest BCUT2D eigenvalue weighted by atomic mass is 16.5. The van der Waals surface area contributed by atoms with E-state index in [0.717, 1.165) is 10.8 Å². The standard InChI is InChI=1S/C11H13N3O7/c15-4-7-6(16)3-8(21-7)14-11(20)12-10(19)5(13-14)1-2-9(17)18/h1-2,6-8,15-16H,3-4H2,(H,17,18)(H,12,19,20)/p-1. The molecule has 114 valence electrons. The lowest BCUT2D eigenvalue weighted by molar-refractivity contribution is -0.297. The van der Waals surface area contributed by atoms with Gasteiger partial charge in [0, 0.05) is 6.42 Å². The molecule has 1 saturated heterocycles. The average Bonchev–Trinajstić information content (AvgIpc) is 2.78. The zero-order chi connectivity index (χ0) is 15.6. The average molecular weight is 298 g/mol. The summed E-state index contributed by atoms with van der Waals surface area (Å²) in [5, 5.41) is 32.6. The molecular formula is C11H12N3O7-. The van der Waals surface area contributed by atoms with Gasteiger partial charge in [0.1, 0.15) is 11.8 Å². The minimum Gasteiger partial charge on any atom is -0.545 e. The molecular weight excluding hydrogens is 286 g/mol. The Balaban J connectivity index is 2.37. The van der Waals surface area contributed by atoms with Gasteiger partial charge in [-0.1, -0.05) is 0 Å². The smallest absolute Gasteiger partial charge is 0.347 e. The third-order valence-corrected chi connectivity index (χ3v) is 2.91. The molecule has 2 heterocycles. The van der Waals surface area contributed by atoms with Crippen molar-refractivity contribution in [1.82, 2.24) is 14.8 Å². The Hall–Kier alpha value is -2.30. The first-order valence-electron chi connectivity index (χ1n) is 5.99. The third-order valence-electron chi connectivity index (χ3n) is 2.91. The normalized spacial score (nSPS) is 25.5. The topological polar surface area (TPSA) is 158 Å². The molecule has 3 atom stereocenters. The largest absolute Gasteiger partial charge is 0.545 e. The number of carbonyl (C=O) groups excluding carboxylic acids is 1. The number of hydrogen-bond acceptors (Lipinski definition) is 8. The molecule has 0 aliphatic carbocycles. The van der Waals surface area contributed by atoms with Gasteiger partial charge in [-0.3, -0.25) is 9.78 Å². The van der Waals surface area contributed by atoms with Crippen LogP contribution in [-0.4, -0.2) is 49.8 Å². The van der Waals surface area contributed by atoms with Crippen LogP contribution in [0.5, 0.6) is 0 Å². The SMILES string of the molecule is O=C([O-])C=Cc1nn(C2CC(O)C(CO)O2)c(=O)[nH]c1=O. The van der Waals surface area contributed by atoms with Crippen molar-refractivity contribution in [3.63, 3.8) is 0 Å². The molecule has 10 heteroatoms. The van der Waals surface area contributed by atoms with Gasteiger partial charge in [-0.25, -0.2) is 4.79 Å². The van der Waals surface area contributed by atoms with Gasteiger partial charge in [0.15, 0.2) is 6.23 Å². The lowest BCUT2D eigenvalue weighted by Gasteiger charge is -2.13. The highest BCUT2D eigenvalue weighted by molar-refractivity contribution is 5.82. The van der Waals surface area contributed by atoms with E-state index in [1.165, 1.54) is 0 Å². The molecule has 10 nitrogen and oxygen atoms in total. The minimum absolute atomic E-state index is 0.00613. The number of hydrogen-bond donors (Lipinski definition) is 3. The van der Waals surface area contributed by atoms with E-state index in [2.05, 4.69) is 5.10 Å². The van der Waals surface area contributed by atoms with Crippen molar-refractivity contribution < 1.29 is 24.9 Å². The number of aliphatic hydroxyl groups excluding tert-OH is 2. The lowest BCUT2D eigenvalue weighted by Crippen LogP contribution is -2.36. The van der Waals surface area contributed by atoms with Crippen LogP contribution in [0, 0.1) is 0 Å². The van der Waals surface area contributed by atoms with Gasteiger partial charge in [0.25, 0.3) is 5.56 Å². The van der Waals surface area contributed by atoms with Crippen molar-refractivity contribution in [2.45, 2.75) is 24.9 Å². The van der Waals surface area contributed by atoms with Crippen molar-refractivity contribution >= 4 is 12.0 Å². The summed E-state index contributed by atoms with van der Waals surface area (Å²) >= 11 is 0. The van der Waals surface area contributed by atoms with Crippen molar-refractivity contribution in [2.75, 3.05) is 6.61 Å². The number of carbonyl (C=O) groups is 1. The van der Waals surface area contributed by atoms with E-state index < -0.39 is 42.3 Å². The van der Waals surface area contributed by atoms with E-state index in [1.807, 2.05) is 4.98 Å². The summed E-state index contributed by atoms with van der Waals surface area (Å²) < 4.78 is 6.01. The first-order valence-corrected chi connectivity index (χ1v) is 5.99. The van der Waals surface area contributed by atoms with E-state index in [0.29, 0.717) is 6.08 Å². The highest BCUT2D eigenvalue weighted by Crippen LogP contribution is 2.26. The number of carboxylic acid groups (broad SMARTS) is 1. The number of carboxylic acids is 1. The summed E-state index contributed by atoms with van der Waals surface area (Å²) in [7, 11) is 0. The van der Waals surface area contributed by atoms with E-state index in [-0.39, 0.29) is 12.1 Å². The fraction of sp³-hybridized carbons (Fsp3) is 0.455. The maximum atomic E-state index is 11.7. The maximum absolute atomic E-state index is 11.7. The molecule has 1 aliphatic heterocycles. The summed E-state index contributed by atoms with van der Waals surface area (Å²) in [5.41, 5.74) is -2.07. The Morgan fingerprint density at radius 1 is 1.57 bits per heavy atom. The molecule has 3 unspecified atom stereocenters. The molecule has 1 fully saturated rings. The zero-order valence-electron chi connectivity index (χ0n) is 10.6. The van der Waals surface area contributed by atoms with Crippen LogP contribution in [-0.2, 0) is 9.53 Å². The Morgan fingerprint density at radius 3 is 2.86 bits per heavy atom. The molecule has 0 aromatic carbocycles. The van der Waals surface area contributed by atoms with Gasteiger partial charge >= 0.3 is 5.69 Å². The fourth-order valence-corrected chi connectivity index (χ4v) is 1.91. The summed E-state index contributed by atoms with van der Waals surface area (Å²) in [4.78, 5) is 35.4. The number of aromatic nitrogens is 3. The second kappa shape index (κ2) is 5.99. The number of aliphatic hydroxyl groups is 2. The van der Waals surface area contributed by atoms with Crippen molar-refractivity contribution in [3.8, 4) is 0 Å². The van der Waals surface area contributed by atoms with Crippen LogP contribution in [0.1, 0.15) is 18.3 Å². The minimum atomic E-state index is -1.53. The van der Waals surface area contributed by atoms with Crippen LogP contribution in [0.2, 0.25) is 0 Å². The molecule has 0 saturated carbocycles. The van der Waals surface area contributed by atoms with Gasteiger partial charge in [-0.15, -0.1) is 0 Å². The fourth-order valence-electron chi connectivity index (χ4n) is 1.91.